The molecule has 0 fully saturated rings. The summed E-state index contributed by atoms with van der Waals surface area (Å²) in [5, 5.41) is 5.06. The van der Waals surface area contributed by atoms with Crippen LogP contribution in [-0.2, 0) is 11.3 Å². The minimum absolute atomic E-state index is 0.202. The molecule has 1 atom stereocenters. The molecule has 3 N–H and O–H groups in total. The molecule has 2 aromatic rings. The zero-order valence-corrected chi connectivity index (χ0v) is 16.4. The van der Waals surface area contributed by atoms with Crippen LogP contribution in [0.1, 0.15) is 23.6 Å². The molecule has 0 saturated carbocycles. The Balaban J connectivity index is 1.79. The second-order valence-electron chi connectivity index (χ2n) is 6.69. The molecule has 6 nitrogen and oxygen atoms in total. The van der Waals surface area contributed by atoms with E-state index in [9.17, 15) is 9.59 Å². The summed E-state index contributed by atoms with van der Waals surface area (Å²) in [6, 6.07) is 12.9. The van der Waals surface area contributed by atoms with Gasteiger partial charge < -0.3 is 15.0 Å². The topological polar surface area (TPSA) is 71.9 Å². The number of rotatable bonds is 7. The molecule has 0 heterocycles. The standard InChI is InChI=1S/C21H27N3O3/c1-5-27-19-10-7-17(8-11-19)13-24(4)14-20(25)23-21(26)22-18-9-6-15(2)16(3)12-18/h6-12H,5,13-14H2,1-4H3,(H2,22,23,25,26)/p+1. The smallest absolute Gasteiger partial charge is 0.326 e. The fourth-order valence-electron chi connectivity index (χ4n) is 2.71. The zero-order chi connectivity index (χ0) is 19.8. The number of urea groups is 1. The Kier molecular flexibility index (Phi) is 7.37. The third-order valence-corrected chi connectivity index (χ3v) is 4.22. The number of benzene rings is 2. The van der Waals surface area contributed by atoms with Crippen molar-refractivity contribution in [2.24, 2.45) is 0 Å². The molecule has 0 radical (unpaired) electrons. The van der Waals surface area contributed by atoms with Gasteiger partial charge in [0, 0.05) is 11.3 Å². The second kappa shape index (κ2) is 9.73. The van der Waals surface area contributed by atoms with Gasteiger partial charge in [0.05, 0.1) is 13.7 Å². The van der Waals surface area contributed by atoms with E-state index in [0.29, 0.717) is 18.8 Å². The van der Waals surface area contributed by atoms with Crippen LogP contribution in [0.15, 0.2) is 42.5 Å². The van der Waals surface area contributed by atoms with Crippen molar-refractivity contribution in [3.05, 3.63) is 59.2 Å². The predicted octanol–water partition coefficient (Wildman–Crippen LogP) is 2.07. The van der Waals surface area contributed by atoms with Gasteiger partial charge in [0.15, 0.2) is 6.54 Å². The number of aryl methyl sites for hydroxylation is 2. The molecule has 0 aliphatic rings. The molecule has 0 aliphatic carbocycles. The predicted molar refractivity (Wildman–Crippen MR) is 106 cm³/mol. The van der Waals surface area contributed by atoms with E-state index in [0.717, 1.165) is 27.3 Å². The number of hydrogen-bond acceptors (Lipinski definition) is 3. The van der Waals surface area contributed by atoms with E-state index in [1.165, 1.54) is 0 Å². The molecule has 0 saturated heterocycles. The van der Waals surface area contributed by atoms with Crippen molar-refractivity contribution in [1.82, 2.24) is 5.32 Å². The Morgan fingerprint density at radius 2 is 1.74 bits per heavy atom. The summed E-state index contributed by atoms with van der Waals surface area (Å²) in [6.45, 7) is 7.44. The van der Waals surface area contributed by atoms with Crippen LogP contribution in [0.3, 0.4) is 0 Å². The van der Waals surface area contributed by atoms with Gasteiger partial charge in [0.2, 0.25) is 0 Å². The maximum absolute atomic E-state index is 12.1. The van der Waals surface area contributed by atoms with Crippen LogP contribution in [-0.4, -0.2) is 32.1 Å². The van der Waals surface area contributed by atoms with E-state index in [2.05, 4.69) is 10.6 Å². The molecule has 27 heavy (non-hydrogen) atoms. The first-order valence-corrected chi connectivity index (χ1v) is 9.08. The Labute approximate surface area is 160 Å². The number of carbonyl (C=O) groups is 2. The van der Waals surface area contributed by atoms with Gasteiger partial charge in [-0.3, -0.25) is 10.1 Å². The van der Waals surface area contributed by atoms with E-state index in [4.69, 9.17) is 4.74 Å². The van der Waals surface area contributed by atoms with Crippen LogP contribution in [0.2, 0.25) is 0 Å². The van der Waals surface area contributed by atoms with E-state index < -0.39 is 6.03 Å². The first-order valence-electron chi connectivity index (χ1n) is 9.08. The van der Waals surface area contributed by atoms with Crippen LogP contribution in [0, 0.1) is 13.8 Å². The van der Waals surface area contributed by atoms with Crippen LogP contribution in [0.25, 0.3) is 0 Å². The molecule has 3 amide bonds. The van der Waals surface area contributed by atoms with Gasteiger partial charge in [-0.05, 0) is 68.3 Å². The largest absolute Gasteiger partial charge is 0.494 e. The number of hydrogen-bond donors (Lipinski definition) is 3. The molecule has 144 valence electrons. The fraction of sp³-hybridized carbons (Fsp3) is 0.333. The lowest BCUT2D eigenvalue weighted by atomic mass is 10.1. The SMILES string of the molecule is CCOc1ccc(C[NH+](C)CC(=O)NC(=O)Nc2ccc(C)c(C)c2)cc1. The maximum atomic E-state index is 12.1. The maximum Gasteiger partial charge on any atom is 0.326 e. The summed E-state index contributed by atoms with van der Waals surface area (Å²) in [4.78, 5) is 25.1. The average Bonchev–Trinajstić information content (AvgIpc) is 2.59. The number of likely N-dealkylation sites (N-methyl/N-ethyl adjacent to an activating group) is 1. The van der Waals surface area contributed by atoms with Gasteiger partial charge in [-0.15, -0.1) is 0 Å². The lowest BCUT2D eigenvalue weighted by Gasteiger charge is -2.14. The average molecular weight is 370 g/mol. The molecular formula is C21H28N3O3+. The number of nitrogens with one attached hydrogen (secondary N) is 3. The number of anilines is 1. The minimum atomic E-state index is -0.517. The molecule has 0 bridgehead atoms. The van der Waals surface area contributed by atoms with Crippen molar-refractivity contribution in [1.29, 1.82) is 0 Å². The highest BCUT2D eigenvalue weighted by molar-refractivity contribution is 6.01. The lowest BCUT2D eigenvalue weighted by Crippen LogP contribution is -3.09. The molecule has 2 rings (SSSR count). The Morgan fingerprint density at radius 3 is 2.37 bits per heavy atom. The van der Waals surface area contributed by atoms with Crippen molar-refractivity contribution in [3.8, 4) is 5.75 Å². The van der Waals surface area contributed by atoms with Crippen molar-refractivity contribution in [2.45, 2.75) is 27.3 Å². The van der Waals surface area contributed by atoms with Crippen LogP contribution < -0.4 is 20.3 Å². The number of ether oxygens (including phenoxy) is 1. The molecule has 6 heteroatoms. The third kappa shape index (κ3) is 6.75. The van der Waals surface area contributed by atoms with Crippen LogP contribution in [0.5, 0.6) is 5.75 Å². The summed E-state index contributed by atoms with van der Waals surface area (Å²) < 4.78 is 5.42. The Morgan fingerprint density at radius 1 is 1.04 bits per heavy atom. The van der Waals surface area contributed by atoms with Crippen molar-refractivity contribution >= 4 is 17.6 Å². The van der Waals surface area contributed by atoms with Gasteiger partial charge in [0.25, 0.3) is 5.91 Å². The van der Waals surface area contributed by atoms with Crippen LogP contribution >= 0.6 is 0 Å². The van der Waals surface area contributed by atoms with Gasteiger partial charge in [0.1, 0.15) is 12.3 Å². The van der Waals surface area contributed by atoms with Crippen molar-refractivity contribution < 1.29 is 19.2 Å². The molecule has 0 aliphatic heterocycles. The van der Waals surface area contributed by atoms with E-state index in [-0.39, 0.29) is 12.5 Å². The number of carbonyl (C=O) groups excluding carboxylic acids is 2. The first kappa shape index (κ1) is 20.5. The summed E-state index contributed by atoms with van der Waals surface area (Å²) in [6.07, 6.45) is 0. The number of amides is 3. The van der Waals surface area contributed by atoms with Crippen molar-refractivity contribution in [3.63, 3.8) is 0 Å². The van der Waals surface area contributed by atoms with E-state index >= 15 is 0 Å². The number of imide groups is 1. The van der Waals surface area contributed by atoms with E-state index in [1.54, 1.807) is 0 Å². The minimum Gasteiger partial charge on any atom is -0.494 e. The van der Waals surface area contributed by atoms with E-state index in [1.807, 2.05) is 70.3 Å². The molecular weight excluding hydrogens is 342 g/mol. The Hall–Kier alpha value is -2.86. The quantitative estimate of drug-likeness (QED) is 0.699. The highest BCUT2D eigenvalue weighted by atomic mass is 16.5. The zero-order valence-electron chi connectivity index (χ0n) is 16.4. The molecule has 0 spiro atoms. The first-order chi connectivity index (χ1) is 12.9. The molecule has 2 aromatic carbocycles. The lowest BCUT2D eigenvalue weighted by molar-refractivity contribution is -0.885. The van der Waals surface area contributed by atoms with Crippen molar-refractivity contribution in [2.75, 3.05) is 25.5 Å². The highest BCUT2D eigenvalue weighted by Gasteiger charge is 2.14. The summed E-state index contributed by atoms with van der Waals surface area (Å²) in [5.41, 5.74) is 4.00. The van der Waals surface area contributed by atoms with Crippen LogP contribution in [0.4, 0.5) is 10.5 Å². The van der Waals surface area contributed by atoms with Gasteiger partial charge in [-0.1, -0.05) is 6.07 Å². The molecule has 0 aromatic heterocycles. The van der Waals surface area contributed by atoms with Gasteiger partial charge in [-0.25, -0.2) is 4.79 Å². The second-order valence-corrected chi connectivity index (χ2v) is 6.69. The normalized spacial score (nSPS) is 11.6. The summed E-state index contributed by atoms with van der Waals surface area (Å²) in [5.74, 6) is 0.513. The van der Waals surface area contributed by atoms with Gasteiger partial charge >= 0.3 is 6.03 Å². The Bertz CT molecular complexity index is 788. The third-order valence-electron chi connectivity index (χ3n) is 4.22. The summed E-state index contributed by atoms with van der Waals surface area (Å²) in [7, 11) is 1.91. The monoisotopic (exact) mass is 370 g/mol. The number of quaternary nitrogens is 1. The van der Waals surface area contributed by atoms with Gasteiger partial charge in [-0.2, -0.15) is 0 Å². The summed E-state index contributed by atoms with van der Waals surface area (Å²) >= 11 is 0. The molecule has 1 unspecified atom stereocenters. The highest BCUT2D eigenvalue weighted by Crippen LogP contribution is 2.14. The fourth-order valence-corrected chi connectivity index (χ4v) is 2.71.